The number of nitrogens with zero attached hydrogens (tertiary/aromatic N) is 1. The minimum absolute atomic E-state index is 0.166. The fourth-order valence-corrected chi connectivity index (χ4v) is 2.02. The summed E-state index contributed by atoms with van der Waals surface area (Å²) in [6, 6.07) is 8.18. The van der Waals surface area contributed by atoms with Gasteiger partial charge in [0, 0.05) is 13.1 Å². The lowest BCUT2D eigenvalue weighted by atomic mass is 9.93. The maximum absolute atomic E-state index is 5.79. The van der Waals surface area contributed by atoms with E-state index in [2.05, 4.69) is 44.7 Å². The van der Waals surface area contributed by atoms with Crippen LogP contribution in [0.25, 0.3) is 0 Å². The number of ether oxygens (including phenoxy) is 1. The summed E-state index contributed by atoms with van der Waals surface area (Å²) in [7, 11) is 0. The Labute approximate surface area is 117 Å². The van der Waals surface area contributed by atoms with Crippen LogP contribution < -0.4 is 10.5 Å². The van der Waals surface area contributed by atoms with Crippen molar-refractivity contribution in [1.82, 2.24) is 4.90 Å². The van der Waals surface area contributed by atoms with Crippen LogP contribution in [-0.4, -0.2) is 37.7 Å². The van der Waals surface area contributed by atoms with Crippen molar-refractivity contribution in [3.63, 3.8) is 0 Å². The van der Waals surface area contributed by atoms with Gasteiger partial charge in [-0.25, -0.2) is 0 Å². The molecule has 1 rings (SSSR count). The molecule has 0 saturated carbocycles. The molecule has 3 nitrogen and oxygen atoms in total. The average molecular weight is 264 g/mol. The lowest BCUT2D eigenvalue weighted by Crippen LogP contribution is -2.40. The highest BCUT2D eigenvalue weighted by molar-refractivity contribution is 5.27. The first-order chi connectivity index (χ1) is 8.96. The molecule has 0 saturated heterocycles. The molecule has 1 aromatic carbocycles. The molecule has 1 aromatic rings. The molecule has 3 heteroatoms. The van der Waals surface area contributed by atoms with Crippen molar-refractivity contribution < 1.29 is 4.74 Å². The molecule has 0 atom stereocenters. The molecule has 0 amide bonds. The fraction of sp³-hybridized carbons (Fsp3) is 0.625. The summed E-state index contributed by atoms with van der Waals surface area (Å²) >= 11 is 0. The number of rotatable bonds is 8. The molecular weight excluding hydrogens is 236 g/mol. The first kappa shape index (κ1) is 16.0. The van der Waals surface area contributed by atoms with Gasteiger partial charge in [-0.15, -0.1) is 0 Å². The second-order valence-corrected chi connectivity index (χ2v) is 5.90. The number of aryl methyl sites for hydroxylation is 1. The van der Waals surface area contributed by atoms with E-state index in [9.17, 15) is 0 Å². The average Bonchev–Trinajstić information content (AvgIpc) is 2.37. The minimum Gasteiger partial charge on any atom is -0.492 e. The zero-order valence-corrected chi connectivity index (χ0v) is 12.8. The Kier molecular flexibility index (Phi) is 6.32. The van der Waals surface area contributed by atoms with E-state index in [0.717, 1.165) is 32.0 Å². The molecule has 0 spiro atoms. The van der Waals surface area contributed by atoms with E-state index in [-0.39, 0.29) is 5.41 Å². The molecule has 19 heavy (non-hydrogen) atoms. The van der Waals surface area contributed by atoms with Gasteiger partial charge in [-0.05, 0) is 43.1 Å². The smallest absolute Gasteiger partial charge is 0.119 e. The summed E-state index contributed by atoms with van der Waals surface area (Å²) in [6.45, 7) is 13.1. The van der Waals surface area contributed by atoms with Crippen molar-refractivity contribution in [1.29, 1.82) is 0 Å². The van der Waals surface area contributed by atoms with Crippen LogP contribution in [0.15, 0.2) is 24.3 Å². The lowest BCUT2D eigenvalue weighted by molar-refractivity contribution is 0.160. The first-order valence-corrected chi connectivity index (χ1v) is 7.09. The maximum atomic E-state index is 5.79. The molecule has 0 heterocycles. The predicted octanol–water partition coefficient (Wildman–Crippen LogP) is 2.68. The summed E-state index contributed by atoms with van der Waals surface area (Å²) in [5.74, 6) is 0.953. The van der Waals surface area contributed by atoms with Crippen molar-refractivity contribution in [3.8, 4) is 5.75 Å². The highest BCUT2D eigenvalue weighted by atomic mass is 16.5. The van der Waals surface area contributed by atoms with Crippen LogP contribution in [0.5, 0.6) is 5.75 Å². The lowest BCUT2D eigenvalue weighted by Gasteiger charge is -2.30. The zero-order valence-electron chi connectivity index (χ0n) is 12.8. The zero-order chi connectivity index (χ0) is 14.3. The molecule has 0 aliphatic heterocycles. The molecule has 0 aliphatic rings. The molecule has 108 valence electrons. The first-order valence-electron chi connectivity index (χ1n) is 7.09. The van der Waals surface area contributed by atoms with Gasteiger partial charge in [0.15, 0.2) is 0 Å². The summed E-state index contributed by atoms with van der Waals surface area (Å²) in [4.78, 5) is 2.39. The Bertz CT molecular complexity index is 377. The van der Waals surface area contributed by atoms with Crippen LogP contribution in [0.2, 0.25) is 0 Å². The van der Waals surface area contributed by atoms with Crippen molar-refractivity contribution in [2.24, 2.45) is 11.1 Å². The van der Waals surface area contributed by atoms with Gasteiger partial charge in [0.1, 0.15) is 12.4 Å². The van der Waals surface area contributed by atoms with E-state index in [4.69, 9.17) is 10.5 Å². The fourth-order valence-electron chi connectivity index (χ4n) is 2.02. The van der Waals surface area contributed by atoms with Gasteiger partial charge in [-0.1, -0.05) is 32.9 Å². The predicted molar refractivity (Wildman–Crippen MR) is 81.6 cm³/mol. The topological polar surface area (TPSA) is 38.5 Å². The SMILES string of the molecule is CCN(CCOc1cccc(C)c1)CC(C)(C)CN. The van der Waals surface area contributed by atoms with Gasteiger partial charge in [0.2, 0.25) is 0 Å². The van der Waals surface area contributed by atoms with Gasteiger partial charge in [0.25, 0.3) is 0 Å². The second kappa shape index (κ2) is 7.51. The van der Waals surface area contributed by atoms with E-state index in [1.165, 1.54) is 5.56 Å². The Balaban J connectivity index is 2.38. The van der Waals surface area contributed by atoms with E-state index in [0.29, 0.717) is 6.54 Å². The van der Waals surface area contributed by atoms with Gasteiger partial charge < -0.3 is 10.5 Å². The molecule has 0 aromatic heterocycles. The van der Waals surface area contributed by atoms with Crippen molar-refractivity contribution in [2.75, 3.05) is 32.8 Å². The van der Waals surface area contributed by atoms with Gasteiger partial charge in [0.05, 0.1) is 0 Å². The Hall–Kier alpha value is -1.06. The van der Waals surface area contributed by atoms with Gasteiger partial charge in [-0.2, -0.15) is 0 Å². The highest BCUT2D eigenvalue weighted by Gasteiger charge is 2.19. The van der Waals surface area contributed by atoms with Crippen molar-refractivity contribution >= 4 is 0 Å². The third kappa shape index (κ3) is 6.08. The molecular formula is C16H28N2O. The molecule has 0 unspecified atom stereocenters. The van der Waals surface area contributed by atoms with Crippen molar-refractivity contribution in [3.05, 3.63) is 29.8 Å². The molecule has 2 N–H and O–H groups in total. The van der Waals surface area contributed by atoms with Crippen LogP contribution in [-0.2, 0) is 0 Å². The molecule has 0 fully saturated rings. The number of hydrogen-bond acceptors (Lipinski definition) is 3. The Morgan fingerprint density at radius 3 is 2.63 bits per heavy atom. The standard InChI is InChI=1S/C16H28N2O/c1-5-18(13-16(3,4)12-17)9-10-19-15-8-6-7-14(2)11-15/h6-8,11H,5,9-10,12-13,17H2,1-4H3. The van der Waals surface area contributed by atoms with Gasteiger partial charge in [-0.3, -0.25) is 4.90 Å². The van der Waals surface area contributed by atoms with Crippen LogP contribution in [0, 0.1) is 12.3 Å². The number of hydrogen-bond donors (Lipinski definition) is 1. The maximum Gasteiger partial charge on any atom is 0.119 e. The number of nitrogens with two attached hydrogens (primary N) is 1. The van der Waals surface area contributed by atoms with Crippen LogP contribution in [0.4, 0.5) is 0 Å². The third-order valence-electron chi connectivity index (χ3n) is 3.32. The Morgan fingerprint density at radius 2 is 2.05 bits per heavy atom. The van der Waals surface area contributed by atoms with E-state index in [1.54, 1.807) is 0 Å². The quantitative estimate of drug-likeness (QED) is 0.784. The monoisotopic (exact) mass is 264 g/mol. The minimum atomic E-state index is 0.166. The molecule has 0 bridgehead atoms. The van der Waals surface area contributed by atoms with Crippen LogP contribution in [0.3, 0.4) is 0 Å². The number of benzene rings is 1. The molecule has 0 aliphatic carbocycles. The van der Waals surface area contributed by atoms with Crippen LogP contribution in [0.1, 0.15) is 26.3 Å². The Morgan fingerprint density at radius 1 is 1.32 bits per heavy atom. The van der Waals surface area contributed by atoms with E-state index < -0.39 is 0 Å². The van der Waals surface area contributed by atoms with Crippen LogP contribution >= 0.6 is 0 Å². The van der Waals surface area contributed by atoms with Gasteiger partial charge >= 0.3 is 0 Å². The number of likely N-dealkylation sites (N-methyl/N-ethyl adjacent to an activating group) is 1. The summed E-state index contributed by atoms with van der Waals surface area (Å²) in [5.41, 5.74) is 7.18. The summed E-state index contributed by atoms with van der Waals surface area (Å²) < 4.78 is 5.79. The van der Waals surface area contributed by atoms with Crippen molar-refractivity contribution in [2.45, 2.75) is 27.7 Å². The third-order valence-corrected chi connectivity index (χ3v) is 3.32. The molecule has 0 radical (unpaired) electrons. The second-order valence-electron chi connectivity index (χ2n) is 5.90. The van der Waals surface area contributed by atoms with E-state index in [1.807, 2.05) is 12.1 Å². The highest BCUT2D eigenvalue weighted by Crippen LogP contribution is 2.15. The summed E-state index contributed by atoms with van der Waals surface area (Å²) in [5, 5.41) is 0. The summed E-state index contributed by atoms with van der Waals surface area (Å²) in [6.07, 6.45) is 0. The van der Waals surface area contributed by atoms with E-state index >= 15 is 0 Å². The largest absolute Gasteiger partial charge is 0.492 e. The normalized spacial score (nSPS) is 11.9.